The molecule has 66 heavy (non-hydrogen) atoms. The van der Waals surface area contributed by atoms with Crippen LogP contribution in [0.1, 0.15) is 213 Å². The SMILES string of the molecule is CC/C=C\C/C=C\C/C=C\C/C=C\C/C=C\CCCCCC(=O)OCC(COCCCCCCCCCC/C=C\C/C=C\CCCCC)OC(=O)CC/C=C\C/C=C\C/C=C\C/C=C\CC. The van der Waals surface area contributed by atoms with E-state index in [2.05, 4.69) is 148 Å². The molecule has 0 aromatic rings. The fraction of sp³-hybridized carbons (Fsp3) is 0.607. The van der Waals surface area contributed by atoms with E-state index < -0.39 is 6.10 Å². The van der Waals surface area contributed by atoms with Gasteiger partial charge >= 0.3 is 11.9 Å². The van der Waals surface area contributed by atoms with E-state index in [4.69, 9.17) is 14.2 Å². The van der Waals surface area contributed by atoms with Crippen molar-refractivity contribution in [2.75, 3.05) is 19.8 Å². The highest BCUT2D eigenvalue weighted by Crippen LogP contribution is 2.12. The molecule has 0 aliphatic heterocycles. The number of carbonyl (C=O) groups is 2. The van der Waals surface area contributed by atoms with Crippen molar-refractivity contribution >= 4 is 11.9 Å². The van der Waals surface area contributed by atoms with Crippen LogP contribution < -0.4 is 0 Å². The molecule has 1 unspecified atom stereocenters. The first kappa shape index (κ1) is 62.0. The standard InChI is InChI=1S/C61H98O5/c1-4-7-10-13-16-19-22-25-27-29-31-32-34-37-39-42-45-48-51-54-60(62)65-58-59(66-61(63)55-52-49-46-43-40-36-24-21-18-15-12-9-6-3)57-64-56-53-50-47-44-41-38-35-33-30-28-26-23-20-17-14-11-8-5-2/h7,9-10,12,16-21,25-28,31-32,36-37,39-40,46,49,59H,4-6,8,11,13-15,22-24,29-30,33-35,38,41-45,47-48,50-58H2,1-3H3/b10-7-,12-9-,19-16-,20-17-,21-18-,27-25-,28-26-,32-31-,39-37-,40-36-,49-46-. The Morgan fingerprint density at radius 2 is 0.712 bits per heavy atom. The minimum atomic E-state index is -0.601. The molecule has 0 aliphatic rings. The third kappa shape index (κ3) is 52.7. The van der Waals surface area contributed by atoms with Gasteiger partial charge in [0.2, 0.25) is 0 Å². The van der Waals surface area contributed by atoms with E-state index in [0.29, 0.717) is 19.4 Å². The zero-order valence-electron chi connectivity index (χ0n) is 42.7. The second kappa shape index (κ2) is 55.4. The second-order valence-electron chi connectivity index (χ2n) is 17.0. The molecule has 0 fully saturated rings. The molecule has 0 bridgehead atoms. The first-order valence-corrected chi connectivity index (χ1v) is 26.7. The van der Waals surface area contributed by atoms with E-state index in [1.54, 1.807) is 0 Å². The maximum absolute atomic E-state index is 12.8. The van der Waals surface area contributed by atoms with Gasteiger partial charge in [0, 0.05) is 19.4 Å². The molecule has 0 spiro atoms. The van der Waals surface area contributed by atoms with E-state index >= 15 is 0 Å². The Morgan fingerprint density at radius 3 is 1.15 bits per heavy atom. The van der Waals surface area contributed by atoms with Crippen LogP contribution in [0.3, 0.4) is 0 Å². The van der Waals surface area contributed by atoms with Crippen LogP contribution >= 0.6 is 0 Å². The molecule has 0 saturated carbocycles. The van der Waals surface area contributed by atoms with Crippen molar-refractivity contribution in [2.24, 2.45) is 0 Å². The summed E-state index contributed by atoms with van der Waals surface area (Å²) in [5.41, 5.74) is 0. The lowest BCUT2D eigenvalue weighted by molar-refractivity contribution is -0.162. The number of rotatable bonds is 47. The van der Waals surface area contributed by atoms with E-state index in [1.807, 2.05) is 6.08 Å². The second-order valence-corrected chi connectivity index (χ2v) is 17.0. The highest BCUT2D eigenvalue weighted by molar-refractivity contribution is 5.70. The summed E-state index contributed by atoms with van der Waals surface area (Å²) in [6.07, 6.45) is 79.1. The van der Waals surface area contributed by atoms with Gasteiger partial charge in [-0.15, -0.1) is 0 Å². The first-order chi connectivity index (χ1) is 32.6. The van der Waals surface area contributed by atoms with Crippen LogP contribution in [-0.4, -0.2) is 37.9 Å². The molecular formula is C61H98O5. The van der Waals surface area contributed by atoms with Crippen LogP contribution in [0.15, 0.2) is 134 Å². The van der Waals surface area contributed by atoms with Gasteiger partial charge in [-0.05, 0) is 122 Å². The van der Waals surface area contributed by atoms with Crippen molar-refractivity contribution in [1.29, 1.82) is 0 Å². The highest BCUT2D eigenvalue weighted by atomic mass is 16.6. The summed E-state index contributed by atoms with van der Waals surface area (Å²) in [5.74, 6) is -0.540. The number of hydrogen-bond acceptors (Lipinski definition) is 5. The predicted molar refractivity (Wildman–Crippen MR) is 288 cm³/mol. The van der Waals surface area contributed by atoms with Crippen molar-refractivity contribution < 1.29 is 23.8 Å². The van der Waals surface area contributed by atoms with Gasteiger partial charge in [0.1, 0.15) is 6.61 Å². The number of hydrogen-bond donors (Lipinski definition) is 0. The van der Waals surface area contributed by atoms with Gasteiger partial charge < -0.3 is 14.2 Å². The third-order valence-electron chi connectivity index (χ3n) is 10.7. The Hall–Kier alpha value is -3.96. The van der Waals surface area contributed by atoms with Crippen LogP contribution in [0.2, 0.25) is 0 Å². The molecule has 1 atom stereocenters. The molecule has 0 saturated heterocycles. The number of allylic oxidation sites excluding steroid dienone is 22. The number of ether oxygens (including phenoxy) is 3. The third-order valence-corrected chi connectivity index (χ3v) is 10.7. The van der Waals surface area contributed by atoms with Gasteiger partial charge in [0.15, 0.2) is 6.10 Å². The molecular weight excluding hydrogens is 813 g/mol. The normalized spacial score (nSPS) is 13.3. The van der Waals surface area contributed by atoms with Gasteiger partial charge in [-0.25, -0.2) is 0 Å². The summed E-state index contributed by atoms with van der Waals surface area (Å²) in [4.78, 5) is 25.4. The fourth-order valence-electron chi connectivity index (χ4n) is 6.76. The minimum Gasteiger partial charge on any atom is -0.462 e. The lowest BCUT2D eigenvalue weighted by Gasteiger charge is -2.18. The van der Waals surface area contributed by atoms with Crippen molar-refractivity contribution in [3.8, 4) is 0 Å². The number of carbonyl (C=O) groups excluding carboxylic acids is 2. The highest BCUT2D eigenvalue weighted by Gasteiger charge is 2.17. The molecule has 0 aliphatic carbocycles. The van der Waals surface area contributed by atoms with Gasteiger partial charge in [0.25, 0.3) is 0 Å². The lowest BCUT2D eigenvalue weighted by atomic mass is 10.1. The Labute approximate surface area is 407 Å². The maximum atomic E-state index is 12.8. The van der Waals surface area contributed by atoms with E-state index in [9.17, 15) is 9.59 Å². The van der Waals surface area contributed by atoms with Crippen molar-refractivity contribution in [3.63, 3.8) is 0 Å². The lowest BCUT2D eigenvalue weighted by Crippen LogP contribution is -2.30. The molecule has 0 heterocycles. The van der Waals surface area contributed by atoms with Crippen molar-refractivity contribution in [3.05, 3.63) is 134 Å². The fourth-order valence-corrected chi connectivity index (χ4v) is 6.76. The smallest absolute Gasteiger partial charge is 0.306 e. The Morgan fingerprint density at radius 1 is 0.348 bits per heavy atom. The Bertz CT molecular complexity index is 1400. The Balaban J connectivity index is 4.43. The Kier molecular flexibility index (Phi) is 52.0. The van der Waals surface area contributed by atoms with Gasteiger partial charge in [-0.2, -0.15) is 0 Å². The minimum absolute atomic E-state index is 0.0283. The molecule has 5 heteroatoms. The zero-order valence-corrected chi connectivity index (χ0v) is 42.7. The molecule has 0 aromatic heterocycles. The van der Waals surface area contributed by atoms with E-state index in [-0.39, 0.29) is 31.6 Å². The van der Waals surface area contributed by atoms with Crippen LogP contribution in [0.25, 0.3) is 0 Å². The average Bonchev–Trinajstić information content (AvgIpc) is 3.32. The van der Waals surface area contributed by atoms with Crippen LogP contribution in [0.5, 0.6) is 0 Å². The van der Waals surface area contributed by atoms with Crippen LogP contribution in [-0.2, 0) is 23.8 Å². The maximum Gasteiger partial charge on any atom is 0.306 e. The summed E-state index contributed by atoms with van der Waals surface area (Å²) < 4.78 is 17.3. The van der Waals surface area contributed by atoms with E-state index in [0.717, 1.165) is 103 Å². The summed E-state index contributed by atoms with van der Waals surface area (Å²) in [6.45, 7) is 7.43. The topological polar surface area (TPSA) is 61.8 Å². The van der Waals surface area contributed by atoms with Gasteiger partial charge in [-0.3, -0.25) is 9.59 Å². The monoisotopic (exact) mass is 911 g/mol. The molecule has 0 radical (unpaired) electrons. The van der Waals surface area contributed by atoms with Crippen molar-refractivity contribution in [2.45, 2.75) is 219 Å². The molecule has 5 nitrogen and oxygen atoms in total. The molecule has 372 valence electrons. The van der Waals surface area contributed by atoms with E-state index in [1.165, 1.54) is 70.6 Å². The number of unbranched alkanes of at least 4 members (excludes halogenated alkanes) is 14. The van der Waals surface area contributed by atoms with Gasteiger partial charge in [-0.1, -0.05) is 212 Å². The molecule has 0 aromatic carbocycles. The molecule has 0 amide bonds. The predicted octanol–water partition coefficient (Wildman–Crippen LogP) is 18.3. The van der Waals surface area contributed by atoms with Crippen molar-refractivity contribution in [1.82, 2.24) is 0 Å². The summed E-state index contributed by atoms with van der Waals surface area (Å²) in [7, 11) is 0. The summed E-state index contributed by atoms with van der Waals surface area (Å²) >= 11 is 0. The zero-order chi connectivity index (χ0) is 47.7. The molecule has 0 N–H and O–H groups in total. The summed E-state index contributed by atoms with van der Waals surface area (Å²) in [5, 5.41) is 0. The number of esters is 2. The van der Waals surface area contributed by atoms with Crippen LogP contribution in [0.4, 0.5) is 0 Å². The quantitative estimate of drug-likeness (QED) is 0.0346. The van der Waals surface area contributed by atoms with Gasteiger partial charge in [0.05, 0.1) is 6.61 Å². The summed E-state index contributed by atoms with van der Waals surface area (Å²) in [6, 6.07) is 0. The largest absolute Gasteiger partial charge is 0.462 e. The first-order valence-electron chi connectivity index (χ1n) is 26.7. The molecule has 0 rings (SSSR count). The van der Waals surface area contributed by atoms with Crippen LogP contribution in [0, 0.1) is 0 Å². The average molecular weight is 911 g/mol.